The van der Waals surface area contributed by atoms with E-state index in [0.29, 0.717) is 6.54 Å². The summed E-state index contributed by atoms with van der Waals surface area (Å²) in [4.78, 5) is 11.4. The van der Waals surface area contributed by atoms with Gasteiger partial charge >= 0.3 is 0 Å². The minimum atomic E-state index is 0.0252. The third kappa shape index (κ3) is 5.42. The highest BCUT2D eigenvalue weighted by molar-refractivity contribution is 5.78. The molecule has 3 heteroatoms. The predicted octanol–water partition coefficient (Wildman–Crippen LogP) is 0.923. The van der Waals surface area contributed by atoms with E-state index in [4.69, 9.17) is 0 Å². The van der Waals surface area contributed by atoms with Crippen LogP contribution in [0.15, 0.2) is 12.7 Å². The molecule has 0 bridgehead atoms. The lowest BCUT2D eigenvalue weighted by atomic mass is 10.1. The minimum Gasteiger partial charge on any atom is -0.353 e. The van der Waals surface area contributed by atoms with E-state index in [1.165, 1.54) is 0 Å². The van der Waals surface area contributed by atoms with Crippen LogP contribution in [0.3, 0.4) is 0 Å². The van der Waals surface area contributed by atoms with E-state index in [0.717, 1.165) is 6.42 Å². The van der Waals surface area contributed by atoms with Crippen molar-refractivity contribution in [3.8, 4) is 0 Å². The van der Waals surface area contributed by atoms with E-state index >= 15 is 0 Å². The van der Waals surface area contributed by atoms with Crippen LogP contribution < -0.4 is 10.6 Å². The van der Waals surface area contributed by atoms with Gasteiger partial charge in [-0.2, -0.15) is 0 Å². The molecule has 0 spiro atoms. The second-order valence-corrected chi connectivity index (χ2v) is 3.39. The number of hydrogen-bond acceptors (Lipinski definition) is 2. The van der Waals surface area contributed by atoms with E-state index in [1.807, 2.05) is 27.0 Å². The normalized spacial score (nSPS) is 14.7. The first-order chi connectivity index (χ1) is 6.11. The average Bonchev–Trinajstić information content (AvgIpc) is 2.05. The number of carbonyl (C=O) groups is 1. The van der Waals surface area contributed by atoms with Gasteiger partial charge < -0.3 is 10.6 Å². The van der Waals surface area contributed by atoms with Gasteiger partial charge in [-0.1, -0.05) is 13.0 Å². The van der Waals surface area contributed by atoms with E-state index in [2.05, 4.69) is 17.2 Å². The van der Waals surface area contributed by atoms with Crippen molar-refractivity contribution in [2.24, 2.45) is 5.92 Å². The molecular formula is C10H20N2O. The maximum Gasteiger partial charge on any atom is 0.224 e. The van der Waals surface area contributed by atoms with Crippen LogP contribution >= 0.6 is 0 Å². The topological polar surface area (TPSA) is 41.1 Å². The Morgan fingerprint density at radius 3 is 2.62 bits per heavy atom. The van der Waals surface area contributed by atoms with Gasteiger partial charge in [0.25, 0.3) is 0 Å². The highest BCUT2D eigenvalue weighted by atomic mass is 16.1. The van der Waals surface area contributed by atoms with Gasteiger partial charge in [-0.15, -0.1) is 6.58 Å². The van der Waals surface area contributed by atoms with Crippen molar-refractivity contribution in [2.75, 3.05) is 13.6 Å². The fraction of sp³-hybridized carbons (Fsp3) is 0.700. The fourth-order valence-corrected chi connectivity index (χ4v) is 1.09. The van der Waals surface area contributed by atoms with E-state index in [9.17, 15) is 4.79 Å². The molecule has 0 aliphatic carbocycles. The summed E-state index contributed by atoms with van der Waals surface area (Å²) in [7, 11) is 1.84. The number of rotatable bonds is 6. The maximum atomic E-state index is 11.4. The molecule has 3 nitrogen and oxygen atoms in total. The largest absolute Gasteiger partial charge is 0.353 e. The first-order valence-electron chi connectivity index (χ1n) is 4.67. The summed E-state index contributed by atoms with van der Waals surface area (Å²) in [5.74, 6) is 0.126. The second kappa shape index (κ2) is 6.66. The van der Waals surface area contributed by atoms with Crippen molar-refractivity contribution >= 4 is 5.91 Å². The van der Waals surface area contributed by atoms with Crippen LogP contribution in [-0.2, 0) is 4.79 Å². The molecule has 0 aromatic rings. The Hall–Kier alpha value is -0.830. The zero-order valence-electron chi connectivity index (χ0n) is 8.76. The molecular weight excluding hydrogens is 164 g/mol. The lowest BCUT2D eigenvalue weighted by molar-refractivity contribution is -0.124. The number of nitrogens with one attached hydrogen (secondary N) is 2. The quantitative estimate of drug-likeness (QED) is 0.603. The van der Waals surface area contributed by atoms with Gasteiger partial charge in [-0.3, -0.25) is 4.79 Å². The van der Waals surface area contributed by atoms with Gasteiger partial charge in [0.2, 0.25) is 5.91 Å². The third-order valence-electron chi connectivity index (χ3n) is 1.87. The average molecular weight is 184 g/mol. The summed E-state index contributed by atoms with van der Waals surface area (Å²) in [5, 5.41) is 5.89. The Kier molecular flexibility index (Phi) is 6.24. The smallest absolute Gasteiger partial charge is 0.224 e. The van der Waals surface area contributed by atoms with Crippen LogP contribution in [-0.4, -0.2) is 25.5 Å². The summed E-state index contributed by atoms with van der Waals surface area (Å²) in [6.07, 6.45) is 2.63. The molecule has 0 radical (unpaired) electrons. The van der Waals surface area contributed by atoms with Crippen LogP contribution in [0.5, 0.6) is 0 Å². The Balaban J connectivity index is 3.77. The molecule has 2 unspecified atom stereocenters. The molecule has 0 rings (SSSR count). The molecule has 0 aliphatic rings. The van der Waals surface area contributed by atoms with Crippen LogP contribution in [0.2, 0.25) is 0 Å². The lowest BCUT2D eigenvalue weighted by Gasteiger charge is -2.15. The second-order valence-electron chi connectivity index (χ2n) is 3.39. The molecule has 0 aliphatic heterocycles. The van der Waals surface area contributed by atoms with Crippen LogP contribution in [0.1, 0.15) is 20.3 Å². The third-order valence-corrected chi connectivity index (χ3v) is 1.87. The molecule has 0 saturated heterocycles. The van der Waals surface area contributed by atoms with Gasteiger partial charge in [-0.05, 0) is 20.4 Å². The standard InChI is InChI=1S/C10H20N2O/c1-5-6-9(3)12-10(13)8(2)7-11-4/h5,8-9,11H,1,6-7H2,2-4H3,(H,12,13). The molecule has 2 atom stereocenters. The summed E-state index contributed by atoms with van der Waals surface area (Å²) in [6, 6.07) is 0.185. The van der Waals surface area contributed by atoms with Gasteiger partial charge in [0.15, 0.2) is 0 Å². The van der Waals surface area contributed by atoms with E-state index < -0.39 is 0 Å². The highest BCUT2D eigenvalue weighted by Gasteiger charge is 2.13. The Bertz CT molecular complexity index is 168. The first kappa shape index (κ1) is 12.2. The molecule has 0 fully saturated rings. The van der Waals surface area contributed by atoms with Gasteiger partial charge in [0, 0.05) is 18.5 Å². The van der Waals surface area contributed by atoms with E-state index in [1.54, 1.807) is 0 Å². The Morgan fingerprint density at radius 2 is 2.15 bits per heavy atom. The Labute approximate surface area is 80.6 Å². The van der Waals surface area contributed by atoms with Crippen molar-refractivity contribution < 1.29 is 4.79 Å². The first-order valence-corrected chi connectivity index (χ1v) is 4.67. The zero-order valence-corrected chi connectivity index (χ0v) is 8.76. The van der Waals surface area contributed by atoms with Crippen LogP contribution in [0, 0.1) is 5.92 Å². The Morgan fingerprint density at radius 1 is 1.54 bits per heavy atom. The fourth-order valence-electron chi connectivity index (χ4n) is 1.09. The summed E-state index contributed by atoms with van der Waals surface area (Å²) in [6.45, 7) is 8.23. The summed E-state index contributed by atoms with van der Waals surface area (Å²) in [5.41, 5.74) is 0. The lowest BCUT2D eigenvalue weighted by Crippen LogP contribution is -2.39. The molecule has 2 N–H and O–H groups in total. The molecule has 13 heavy (non-hydrogen) atoms. The molecule has 0 aromatic heterocycles. The highest BCUT2D eigenvalue weighted by Crippen LogP contribution is 1.96. The van der Waals surface area contributed by atoms with Crippen molar-refractivity contribution in [2.45, 2.75) is 26.3 Å². The van der Waals surface area contributed by atoms with E-state index in [-0.39, 0.29) is 17.9 Å². The number of hydrogen-bond donors (Lipinski definition) is 2. The van der Waals surface area contributed by atoms with Crippen molar-refractivity contribution in [3.63, 3.8) is 0 Å². The maximum absolute atomic E-state index is 11.4. The van der Waals surface area contributed by atoms with Gasteiger partial charge in [0.05, 0.1) is 0 Å². The van der Waals surface area contributed by atoms with Crippen LogP contribution in [0.4, 0.5) is 0 Å². The summed E-state index contributed by atoms with van der Waals surface area (Å²) < 4.78 is 0. The van der Waals surface area contributed by atoms with Gasteiger partial charge in [0.1, 0.15) is 0 Å². The van der Waals surface area contributed by atoms with Crippen molar-refractivity contribution in [1.29, 1.82) is 0 Å². The molecule has 0 aromatic carbocycles. The molecule has 0 saturated carbocycles. The van der Waals surface area contributed by atoms with Crippen molar-refractivity contribution in [1.82, 2.24) is 10.6 Å². The molecule has 76 valence electrons. The predicted molar refractivity (Wildman–Crippen MR) is 55.5 cm³/mol. The van der Waals surface area contributed by atoms with Gasteiger partial charge in [-0.25, -0.2) is 0 Å². The monoisotopic (exact) mass is 184 g/mol. The molecule has 0 heterocycles. The zero-order chi connectivity index (χ0) is 10.3. The molecule has 1 amide bonds. The SMILES string of the molecule is C=CCC(C)NC(=O)C(C)CNC. The number of amides is 1. The number of carbonyl (C=O) groups excluding carboxylic acids is 1. The van der Waals surface area contributed by atoms with Crippen molar-refractivity contribution in [3.05, 3.63) is 12.7 Å². The minimum absolute atomic E-state index is 0.0252. The van der Waals surface area contributed by atoms with Crippen LogP contribution in [0.25, 0.3) is 0 Å². The summed E-state index contributed by atoms with van der Waals surface area (Å²) >= 11 is 0.